The van der Waals surface area contributed by atoms with Crippen LogP contribution >= 0.6 is 0 Å². The zero-order valence-electron chi connectivity index (χ0n) is 11.9. The van der Waals surface area contributed by atoms with Gasteiger partial charge in [-0.05, 0) is 31.0 Å². The van der Waals surface area contributed by atoms with Crippen molar-refractivity contribution < 1.29 is 9.90 Å². The van der Waals surface area contributed by atoms with Crippen molar-refractivity contribution in [2.45, 2.75) is 32.6 Å². The number of aromatic carboxylic acids is 1. The first-order valence-corrected chi connectivity index (χ1v) is 6.81. The molecular weight excluding hydrogens is 268 g/mol. The highest BCUT2D eigenvalue weighted by Gasteiger charge is 2.21. The van der Waals surface area contributed by atoms with Crippen LogP contribution in [0.5, 0.6) is 0 Å². The van der Waals surface area contributed by atoms with Crippen molar-refractivity contribution in [3.63, 3.8) is 0 Å². The van der Waals surface area contributed by atoms with Crippen LogP contribution in [0.2, 0.25) is 0 Å². The van der Waals surface area contributed by atoms with Crippen LogP contribution < -0.4 is 0 Å². The molecule has 0 unspecified atom stereocenters. The monoisotopic (exact) mass is 284 g/mol. The second-order valence-corrected chi connectivity index (χ2v) is 4.72. The Labute approximate surface area is 122 Å². The predicted molar refractivity (Wildman–Crippen MR) is 76.4 cm³/mol. The molecule has 0 amide bonds. The lowest BCUT2D eigenvalue weighted by molar-refractivity contribution is 0.0697. The topological polar surface area (TPSA) is 91.8 Å². The van der Waals surface area contributed by atoms with Gasteiger partial charge in [0.05, 0.1) is 16.9 Å². The highest BCUT2D eigenvalue weighted by atomic mass is 16.4. The number of carbonyl (C=O) groups is 1. The molecule has 0 saturated carbocycles. The van der Waals surface area contributed by atoms with Gasteiger partial charge in [0, 0.05) is 5.92 Å². The van der Waals surface area contributed by atoms with E-state index in [9.17, 15) is 10.1 Å². The van der Waals surface area contributed by atoms with Crippen molar-refractivity contribution >= 4 is 5.97 Å². The molecule has 0 aliphatic rings. The number of rotatable bonds is 5. The van der Waals surface area contributed by atoms with E-state index in [0.29, 0.717) is 11.4 Å². The minimum atomic E-state index is -0.999. The molecule has 1 heterocycles. The lowest BCUT2D eigenvalue weighted by atomic mass is 9.97. The summed E-state index contributed by atoms with van der Waals surface area (Å²) in [6, 6.07) is 8.53. The molecule has 21 heavy (non-hydrogen) atoms. The van der Waals surface area contributed by atoms with Crippen molar-refractivity contribution in [2.24, 2.45) is 0 Å². The fraction of sp³-hybridized carbons (Fsp3) is 0.333. The van der Waals surface area contributed by atoms with Gasteiger partial charge < -0.3 is 5.11 Å². The second-order valence-electron chi connectivity index (χ2n) is 4.72. The van der Waals surface area contributed by atoms with Gasteiger partial charge in [-0.15, -0.1) is 5.10 Å². The third kappa shape index (κ3) is 2.77. The fourth-order valence-corrected chi connectivity index (χ4v) is 2.37. The molecule has 0 bridgehead atoms. The lowest BCUT2D eigenvalue weighted by Gasteiger charge is -2.14. The van der Waals surface area contributed by atoms with E-state index in [1.807, 2.05) is 13.8 Å². The molecular formula is C15H16N4O2. The van der Waals surface area contributed by atoms with Crippen molar-refractivity contribution in [3.05, 3.63) is 41.2 Å². The average Bonchev–Trinajstić information content (AvgIpc) is 2.92. The molecule has 1 aromatic carbocycles. The van der Waals surface area contributed by atoms with Crippen molar-refractivity contribution in [3.8, 4) is 11.8 Å². The van der Waals surface area contributed by atoms with E-state index in [1.165, 1.54) is 12.1 Å². The van der Waals surface area contributed by atoms with Gasteiger partial charge in [0.15, 0.2) is 5.69 Å². The lowest BCUT2D eigenvalue weighted by Crippen LogP contribution is -2.09. The molecule has 0 aliphatic carbocycles. The Bertz CT molecular complexity index is 696. The van der Waals surface area contributed by atoms with E-state index in [1.54, 1.807) is 16.8 Å². The zero-order chi connectivity index (χ0) is 15.4. The fourth-order valence-electron chi connectivity index (χ4n) is 2.37. The molecule has 0 spiro atoms. The molecule has 0 saturated heterocycles. The van der Waals surface area contributed by atoms with E-state index < -0.39 is 5.97 Å². The number of aromatic nitrogens is 3. The van der Waals surface area contributed by atoms with Gasteiger partial charge in [-0.25, -0.2) is 9.48 Å². The first-order chi connectivity index (χ1) is 10.1. The van der Waals surface area contributed by atoms with Gasteiger partial charge in [-0.2, -0.15) is 5.26 Å². The largest absolute Gasteiger partial charge is 0.478 e. The van der Waals surface area contributed by atoms with E-state index in [-0.39, 0.29) is 11.5 Å². The summed E-state index contributed by atoms with van der Waals surface area (Å²) in [6.07, 6.45) is 1.72. The third-order valence-corrected chi connectivity index (χ3v) is 3.52. The predicted octanol–water partition coefficient (Wildman–Crippen LogP) is 2.74. The normalized spacial score (nSPS) is 10.6. The van der Waals surface area contributed by atoms with Crippen molar-refractivity contribution in [1.82, 2.24) is 15.0 Å². The maximum absolute atomic E-state index is 11.1. The maximum Gasteiger partial charge on any atom is 0.335 e. The van der Waals surface area contributed by atoms with Crippen LogP contribution in [0, 0.1) is 11.3 Å². The minimum Gasteiger partial charge on any atom is -0.478 e. The van der Waals surface area contributed by atoms with Crippen LogP contribution in [0.25, 0.3) is 5.69 Å². The molecule has 0 aliphatic heterocycles. The summed E-state index contributed by atoms with van der Waals surface area (Å²) in [6.45, 7) is 4.08. The Hall–Kier alpha value is -2.68. The van der Waals surface area contributed by atoms with Crippen molar-refractivity contribution in [2.75, 3.05) is 0 Å². The molecule has 2 aromatic rings. The van der Waals surface area contributed by atoms with Crippen LogP contribution in [-0.2, 0) is 0 Å². The Morgan fingerprint density at radius 2 is 2.14 bits per heavy atom. The molecule has 1 N–H and O–H groups in total. The number of nitriles is 1. The Balaban J connectivity index is 2.59. The summed E-state index contributed by atoms with van der Waals surface area (Å²) >= 11 is 0. The molecule has 6 heteroatoms. The Morgan fingerprint density at radius 1 is 1.43 bits per heavy atom. The molecule has 108 valence electrons. The first kappa shape index (κ1) is 14.7. The van der Waals surface area contributed by atoms with Gasteiger partial charge >= 0.3 is 5.97 Å². The van der Waals surface area contributed by atoms with E-state index >= 15 is 0 Å². The SMILES string of the molecule is CCC(CC)c1c(C#N)nnn1-c1cccc(C(=O)O)c1. The summed E-state index contributed by atoms with van der Waals surface area (Å²) < 4.78 is 1.57. The van der Waals surface area contributed by atoms with E-state index in [4.69, 9.17) is 5.11 Å². The molecule has 6 nitrogen and oxygen atoms in total. The first-order valence-electron chi connectivity index (χ1n) is 6.81. The van der Waals surface area contributed by atoms with Gasteiger partial charge in [0.25, 0.3) is 0 Å². The average molecular weight is 284 g/mol. The minimum absolute atomic E-state index is 0.156. The molecule has 0 fully saturated rings. The van der Waals surface area contributed by atoms with Crippen LogP contribution in [0.15, 0.2) is 24.3 Å². The third-order valence-electron chi connectivity index (χ3n) is 3.52. The van der Waals surface area contributed by atoms with Crippen LogP contribution in [0.4, 0.5) is 0 Å². The van der Waals surface area contributed by atoms with Gasteiger partial charge in [-0.3, -0.25) is 0 Å². The summed E-state index contributed by atoms with van der Waals surface area (Å²) in [7, 11) is 0. The van der Waals surface area contributed by atoms with Gasteiger partial charge in [0.2, 0.25) is 0 Å². The molecule has 0 radical (unpaired) electrons. The number of carboxylic acid groups (broad SMARTS) is 1. The zero-order valence-corrected chi connectivity index (χ0v) is 11.9. The quantitative estimate of drug-likeness (QED) is 0.911. The van der Waals surface area contributed by atoms with E-state index in [2.05, 4.69) is 16.4 Å². The molecule has 0 atom stereocenters. The Kier molecular flexibility index (Phi) is 4.33. The van der Waals surface area contributed by atoms with E-state index in [0.717, 1.165) is 18.5 Å². The smallest absolute Gasteiger partial charge is 0.335 e. The van der Waals surface area contributed by atoms with Gasteiger partial charge in [0.1, 0.15) is 6.07 Å². The van der Waals surface area contributed by atoms with Crippen LogP contribution in [-0.4, -0.2) is 26.1 Å². The van der Waals surface area contributed by atoms with Crippen molar-refractivity contribution in [1.29, 1.82) is 5.26 Å². The number of carboxylic acids is 1. The summed E-state index contributed by atoms with van der Waals surface area (Å²) in [5, 5.41) is 26.2. The number of hydrogen-bond donors (Lipinski definition) is 1. The molecule has 1 aromatic heterocycles. The second kappa shape index (κ2) is 6.18. The molecule has 2 rings (SSSR count). The summed E-state index contributed by atoms with van der Waals surface area (Å²) in [4.78, 5) is 11.1. The summed E-state index contributed by atoms with van der Waals surface area (Å²) in [5.41, 5.74) is 1.82. The highest BCUT2D eigenvalue weighted by Crippen LogP contribution is 2.27. The number of hydrogen-bond acceptors (Lipinski definition) is 4. The van der Waals surface area contributed by atoms with Gasteiger partial charge in [-0.1, -0.05) is 25.1 Å². The maximum atomic E-state index is 11.1. The van der Waals surface area contributed by atoms with Crippen LogP contribution in [0.3, 0.4) is 0 Å². The highest BCUT2D eigenvalue weighted by molar-refractivity contribution is 5.88. The standard InChI is InChI=1S/C15H16N4O2/c1-3-10(4-2)14-13(9-16)17-18-19(14)12-7-5-6-11(8-12)15(20)21/h5-8,10H,3-4H2,1-2H3,(H,20,21). The summed E-state index contributed by atoms with van der Waals surface area (Å²) in [5.74, 6) is -0.843. The van der Waals surface area contributed by atoms with Crippen LogP contribution in [0.1, 0.15) is 54.4 Å². The number of nitrogens with zero attached hydrogens (tertiary/aromatic N) is 4. The number of benzene rings is 1. The Morgan fingerprint density at radius 3 is 2.71 bits per heavy atom.